The third kappa shape index (κ3) is 4.20. The van der Waals surface area contributed by atoms with Crippen molar-refractivity contribution in [2.24, 2.45) is 0 Å². The number of benzene rings is 1. The highest BCUT2D eigenvalue weighted by Crippen LogP contribution is 1.93. The maximum absolute atomic E-state index is 4.76. The van der Waals surface area contributed by atoms with E-state index in [-0.39, 0.29) is 0 Å². The highest BCUT2D eigenvalue weighted by atomic mass is 16.5. The van der Waals surface area contributed by atoms with Gasteiger partial charge in [0.05, 0.1) is 12.9 Å². The quantitative estimate of drug-likeness (QED) is 0.549. The van der Waals surface area contributed by atoms with Crippen molar-refractivity contribution in [3.05, 3.63) is 48.7 Å². The summed E-state index contributed by atoms with van der Waals surface area (Å²) in [4.78, 5) is 0. The predicted octanol–water partition coefficient (Wildman–Crippen LogP) is 2.61. The van der Waals surface area contributed by atoms with E-state index < -0.39 is 0 Å². The zero-order chi connectivity index (χ0) is 7.78. The lowest BCUT2D eigenvalue weighted by Crippen LogP contribution is -1.70. The van der Waals surface area contributed by atoms with E-state index in [0.717, 1.165) is 13.0 Å². The van der Waals surface area contributed by atoms with Crippen molar-refractivity contribution in [3.8, 4) is 0 Å². The molecule has 0 aromatic heterocycles. The standard InChI is InChI=1S/C6H6.C4H6O/c1-2-4-6-5-3-1;1-2-4-5-3-1/h1-6H;1,3H,2,4H2. The van der Waals surface area contributed by atoms with E-state index in [1.54, 1.807) is 6.26 Å². The van der Waals surface area contributed by atoms with Crippen molar-refractivity contribution in [2.45, 2.75) is 6.42 Å². The van der Waals surface area contributed by atoms with Gasteiger partial charge in [0, 0.05) is 6.42 Å². The maximum Gasteiger partial charge on any atom is 0.0908 e. The van der Waals surface area contributed by atoms with Gasteiger partial charge in [-0.25, -0.2) is 0 Å². The molecule has 0 aliphatic carbocycles. The van der Waals surface area contributed by atoms with Gasteiger partial charge in [0.1, 0.15) is 0 Å². The summed E-state index contributed by atoms with van der Waals surface area (Å²) >= 11 is 0. The molecule has 1 aromatic carbocycles. The van der Waals surface area contributed by atoms with Crippen LogP contribution >= 0.6 is 0 Å². The molecule has 1 aromatic rings. The zero-order valence-electron chi connectivity index (χ0n) is 6.44. The number of hydrogen-bond acceptors (Lipinski definition) is 1. The third-order valence-electron chi connectivity index (χ3n) is 1.26. The maximum atomic E-state index is 4.76. The fraction of sp³-hybridized carbons (Fsp3) is 0.200. The molecule has 0 radical (unpaired) electrons. The molecule has 1 nitrogen and oxygen atoms in total. The van der Waals surface area contributed by atoms with Crippen molar-refractivity contribution in [1.82, 2.24) is 0 Å². The van der Waals surface area contributed by atoms with E-state index in [9.17, 15) is 0 Å². The van der Waals surface area contributed by atoms with Crippen LogP contribution in [0.5, 0.6) is 0 Å². The molecule has 0 bridgehead atoms. The summed E-state index contributed by atoms with van der Waals surface area (Å²) in [6.45, 7) is 0.889. The molecule has 11 heavy (non-hydrogen) atoms. The molecular weight excluding hydrogens is 136 g/mol. The van der Waals surface area contributed by atoms with E-state index in [1.807, 2.05) is 42.5 Å². The first-order valence-corrected chi connectivity index (χ1v) is 3.77. The van der Waals surface area contributed by atoms with Crippen LogP contribution in [0.1, 0.15) is 6.42 Å². The molecule has 0 saturated carbocycles. The monoisotopic (exact) mass is 148 g/mol. The molecule has 1 aliphatic rings. The van der Waals surface area contributed by atoms with Gasteiger partial charge in [0.15, 0.2) is 0 Å². The Hall–Kier alpha value is -1.24. The van der Waals surface area contributed by atoms with E-state index >= 15 is 0 Å². The molecule has 1 heterocycles. The van der Waals surface area contributed by atoms with Crippen LogP contribution in [-0.2, 0) is 4.74 Å². The van der Waals surface area contributed by atoms with Gasteiger partial charge in [-0.1, -0.05) is 36.4 Å². The van der Waals surface area contributed by atoms with Gasteiger partial charge in [-0.05, 0) is 6.08 Å². The van der Waals surface area contributed by atoms with Crippen LogP contribution < -0.4 is 0 Å². The first-order chi connectivity index (χ1) is 5.50. The normalized spacial score (nSPS) is 13.1. The van der Waals surface area contributed by atoms with Gasteiger partial charge in [0.25, 0.3) is 0 Å². The van der Waals surface area contributed by atoms with Crippen LogP contribution in [0.4, 0.5) is 0 Å². The lowest BCUT2D eigenvalue weighted by Gasteiger charge is -1.79. The van der Waals surface area contributed by atoms with Crippen molar-refractivity contribution in [1.29, 1.82) is 0 Å². The van der Waals surface area contributed by atoms with Crippen LogP contribution in [0.2, 0.25) is 0 Å². The van der Waals surface area contributed by atoms with E-state index in [1.165, 1.54) is 0 Å². The van der Waals surface area contributed by atoms with Crippen molar-refractivity contribution in [2.75, 3.05) is 6.61 Å². The SMILES string of the molecule is C1=COCC1.c1ccccc1. The van der Waals surface area contributed by atoms with Crippen LogP contribution in [0, 0.1) is 0 Å². The molecule has 58 valence electrons. The highest BCUT2D eigenvalue weighted by Gasteiger charge is 1.83. The van der Waals surface area contributed by atoms with Gasteiger partial charge in [-0.3, -0.25) is 0 Å². The summed E-state index contributed by atoms with van der Waals surface area (Å²) in [6, 6.07) is 12.0. The van der Waals surface area contributed by atoms with Crippen molar-refractivity contribution < 1.29 is 4.74 Å². The number of hydrogen-bond donors (Lipinski definition) is 0. The Morgan fingerprint density at radius 2 is 1.36 bits per heavy atom. The Balaban J connectivity index is 0.000000112. The van der Waals surface area contributed by atoms with Gasteiger partial charge >= 0.3 is 0 Å². The summed E-state index contributed by atoms with van der Waals surface area (Å²) in [5, 5.41) is 0. The smallest absolute Gasteiger partial charge is 0.0908 e. The van der Waals surface area contributed by atoms with Gasteiger partial charge in [0.2, 0.25) is 0 Å². The Labute approximate surface area is 67.3 Å². The van der Waals surface area contributed by atoms with Crippen LogP contribution in [0.3, 0.4) is 0 Å². The van der Waals surface area contributed by atoms with E-state index in [4.69, 9.17) is 4.74 Å². The fourth-order valence-electron chi connectivity index (χ4n) is 0.725. The lowest BCUT2D eigenvalue weighted by atomic mass is 10.4. The first-order valence-electron chi connectivity index (χ1n) is 3.77. The molecular formula is C10H12O. The minimum Gasteiger partial charge on any atom is -0.501 e. The molecule has 0 fully saturated rings. The largest absolute Gasteiger partial charge is 0.501 e. The summed E-state index contributed by atoms with van der Waals surface area (Å²) in [6.07, 6.45) is 4.85. The lowest BCUT2D eigenvalue weighted by molar-refractivity contribution is 0.281. The molecule has 0 N–H and O–H groups in total. The van der Waals surface area contributed by atoms with Crippen LogP contribution in [-0.4, -0.2) is 6.61 Å². The Bertz CT molecular complexity index is 159. The molecule has 0 spiro atoms. The Kier molecular flexibility index (Phi) is 3.96. The van der Waals surface area contributed by atoms with Gasteiger partial charge in [-0.2, -0.15) is 0 Å². The number of rotatable bonds is 0. The molecule has 0 atom stereocenters. The average Bonchev–Trinajstić information content (AvgIpc) is 2.64. The zero-order valence-corrected chi connectivity index (χ0v) is 6.44. The molecule has 0 unspecified atom stereocenters. The van der Waals surface area contributed by atoms with E-state index in [2.05, 4.69) is 0 Å². The highest BCUT2D eigenvalue weighted by molar-refractivity contribution is 4.99. The van der Waals surface area contributed by atoms with E-state index in [0.29, 0.717) is 0 Å². The van der Waals surface area contributed by atoms with Crippen LogP contribution in [0.25, 0.3) is 0 Å². The summed E-state index contributed by atoms with van der Waals surface area (Å²) in [5.41, 5.74) is 0. The Morgan fingerprint density at radius 1 is 0.818 bits per heavy atom. The average molecular weight is 148 g/mol. The summed E-state index contributed by atoms with van der Waals surface area (Å²) in [7, 11) is 0. The minimum atomic E-state index is 0.889. The second-order valence-electron chi connectivity index (χ2n) is 2.19. The third-order valence-corrected chi connectivity index (χ3v) is 1.26. The van der Waals surface area contributed by atoms with Crippen molar-refractivity contribution >= 4 is 0 Å². The summed E-state index contributed by atoms with van der Waals surface area (Å²) < 4.78 is 4.76. The van der Waals surface area contributed by atoms with Gasteiger partial charge < -0.3 is 4.74 Å². The van der Waals surface area contributed by atoms with Crippen LogP contribution in [0.15, 0.2) is 48.7 Å². The molecule has 1 aliphatic heterocycles. The fourth-order valence-corrected chi connectivity index (χ4v) is 0.725. The van der Waals surface area contributed by atoms with Crippen molar-refractivity contribution in [3.63, 3.8) is 0 Å². The predicted molar refractivity (Wildman–Crippen MR) is 46.2 cm³/mol. The first kappa shape index (κ1) is 7.86. The second kappa shape index (κ2) is 5.54. The topological polar surface area (TPSA) is 9.23 Å². The Morgan fingerprint density at radius 3 is 1.55 bits per heavy atom. The second-order valence-corrected chi connectivity index (χ2v) is 2.19. The summed E-state index contributed by atoms with van der Waals surface area (Å²) in [5.74, 6) is 0. The molecule has 1 heteroatoms. The minimum absolute atomic E-state index is 0.889. The van der Waals surface area contributed by atoms with Gasteiger partial charge in [-0.15, -0.1) is 0 Å². The number of ether oxygens (including phenoxy) is 1. The molecule has 0 amide bonds. The molecule has 0 saturated heterocycles. The molecule has 2 rings (SSSR count).